The first kappa shape index (κ1) is 14.7. The molecule has 1 aromatic carbocycles. The van der Waals surface area contributed by atoms with Crippen LogP contribution in [0, 0.1) is 10.1 Å². The maximum Gasteiger partial charge on any atom is 0.269 e. The summed E-state index contributed by atoms with van der Waals surface area (Å²) in [6.45, 7) is 3.26. The summed E-state index contributed by atoms with van der Waals surface area (Å²) in [6, 6.07) is 5.86. The van der Waals surface area contributed by atoms with Crippen LogP contribution in [0.15, 0.2) is 24.3 Å². The number of carbonyl (C=O) groups is 1. The second-order valence-electron chi connectivity index (χ2n) is 5.23. The first-order chi connectivity index (χ1) is 9.66. The van der Waals surface area contributed by atoms with Crippen molar-refractivity contribution in [2.75, 3.05) is 19.6 Å². The van der Waals surface area contributed by atoms with Crippen molar-refractivity contribution in [1.82, 2.24) is 4.90 Å². The second kappa shape index (κ2) is 7.14. The van der Waals surface area contributed by atoms with E-state index in [1.807, 2.05) is 0 Å². The van der Waals surface area contributed by atoms with E-state index in [2.05, 4.69) is 4.90 Å². The average Bonchev–Trinajstić information content (AvgIpc) is 2.48. The number of Topliss-reactive ketones (excluding diaryl/α,β-unsaturated/α-hetero) is 1. The van der Waals surface area contributed by atoms with Gasteiger partial charge >= 0.3 is 0 Å². The lowest BCUT2D eigenvalue weighted by Crippen LogP contribution is -2.30. The van der Waals surface area contributed by atoms with Crippen LogP contribution in [0.25, 0.3) is 0 Å². The topological polar surface area (TPSA) is 63.5 Å². The molecule has 1 aliphatic heterocycles. The Kier molecular flexibility index (Phi) is 5.24. The number of likely N-dealkylation sites (tertiary alicyclic amines) is 1. The molecule has 20 heavy (non-hydrogen) atoms. The molecule has 0 unspecified atom stereocenters. The van der Waals surface area contributed by atoms with Crippen LogP contribution in [0.4, 0.5) is 5.69 Å². The molecule has 0 amide bonds. The van der Waals surface area contributed by atoms with E-state index in [-0.39, 0.29) is 11.5 Å². The minimum Gasteiger partial charge on any atom is -0.303 e. The zero-order chi connectivity index (χ0) is 14.4. The molecule has 5 heteroatoms. The Morgan fingerprint density at radius 1 is 1.15 bits per heavy atom. The lowest BCUT2D eigenvalue weighted by atomic mass is 10.1. The Balaban J connectivity index is 1.77. The van der Waals surface area contributed by atoms with Gasteiger partial charge in [-0.05, 0) is 51.0 Å². The van der Waals surface area contributed by atoms with Crippen LogP contribution >= 0.6 is 0 Å². The summed E-state index contributed by atoms with van der Waals surface area (Å²) in [5, 5.41) is 10.5. The van der Waals surface area contributed by atoms with Crippen molar-refractivity contribution in [3.05, 3.63) is 39.9 Å². The van der Waals surface area contributed by atoms with E-state index in [1.54, 1.807) is 12.1 Å². The van der Waals surface area contributed by atoms with Gasteiger partial charge in [-0.15, -0.1) is 0 Å². The maximum atomic E-state index is 12.0. The molecule has 108 valence electrons. The zero-order valence-electron chi connectivity index (χ0n) is 11.6. The van der Waals surface area contributed by atoms with Crippen LogP contribution in [0.1, 0.15) is 42.5 Å². The molecule has 1 fully saturated rings. The molecule has 0 saturated carbocycles. The van der Waals surface area contributed by atoms with Gasteiger partial charge in [-0.3, -0.25) is 14.9 Å². The number of rotatable bonds is 6. The highest BCUT2D eigenvalue weighted by Crippen LogP contribution is 2.14. The number of benzene rings is 1. The third-order valence-electron chi connectivity index (χ3n) is 3.73. The van der Waals surface area contributed by atoms with Gasteiger partial charge in [0.2, 0.25) is 0 Å². The quantitative estimate of drug-likeness (QED) is 0.455. The fourth-order valence-electron chi connectivity index (χ4n) is 2.56. The summed E-state index contributed by atoms with van der Waals surface area (Å²) in [5.41, 5.74) is 0.587. The van der Waals surface area contributed by atoms with Gasteiger partial charge in [0, 0.05) is 24.1 Å². The molecule has 0 aliphatic carbocycles. The summed E-state index contributed by atoms with van der Waals surface area (Å²) in [6.07, 6.45) is 5.20. The van der Waals surface area contributed by atoms with Crippen molar-refractivity contribution in [1.29, 1.82) is 0 Å². The Morgan fingerprint density at radius 3 is 2.40 bits per heavy atom. The number of hydrogen-bond acceptors (Lipinski definition) is 4. The summed E-state index contributed by atoms with van der Waals surface area (Å²) in [7, 11) is 0. The van der Waals surface area contributed by atoms with Gasteiger partial charge < -0.3 is 4.90 Å². The molecule has 0 spiro atoms. The number of non-ortho nitro benzene ring substituents is 1. The number of nitro benzene ring substituents is 1. The molecule has 1 aromatic rings. The van der Waals surface area contributed by atoms with E-state index < -0.39 is 4.92 Å². The summed E-state index contributed by atoms with van der Waals surface area (Å²) >= 11 is 0. The monoisotopic (exact) mass is 276 g/mol. The van der Waals surface area contributed by atoms with Crippen molar-refractivity contribution >= 4 is 11.5 Å². The van der Waals surface area contributed by atoms with Gasteiger partial charge in [0.05, 0.1) is 4.92 Å². The molecule has 1 saturated heterocycles. The van der Waals surface area contributed by atoms with E-state index in [0.717, 1.165) is 26.1 Å². The van der Waals surface area contributed by atoms with E-state index in [9.17, 15) is 14.9 Å². The zero-order valence-corrected chi connectivity index (χ0v) is 11.6. The molecule has 0 N–H and O–H groups in total. The van der Waals surface area contributed by atoms with Crippen molar-refractivity contribution in [3.63, 3.8) is 0 Å². The SMILES string of the molecule is O=C(CCCN1CCCCC1)c1ccc([N+](=O)[O-])cc1. The molecule has 0 bridgehead atoms. The normalized spacial score (nSPS) is 16.0. The predicted octanol–water partition coefficient (Wildman–Crippen LogP) is 3.04. The van der Waals surface area contributed by atoms with Gasteiger partial charge in [0.1, 0.15) is 0 Å². The minimum atomic E-state index is -0.454. The number of nitrogens with zero attached hydrogens (tertiary/aromatic N) is 2. The van der Waals surface area contributed by atoms with Crippen molar-refractivity contribution < 1.29 is 9.72 Å². The fourth-order valence-corrected chi connectivity index (χ4v) is 2.56. The highest BCUT2D eigenvalue weighted by Gasteiger charge is 2.12. The van der Waals surface area contributed by atoms with E-state index in [0.29, 0.717) is 12.0 Å². The maximum absolute atomic E-state index is 12.0. The molecule has 5 nitrogen and oxygen atoms in total. The standard InChI is InChI=1S/C15H20N2O3/c18-15(5-4-12-16-10-2-1-3-11-16)13-6-8-14(9-7-13)17(19)20/h6-9H,1-5,10-12H2. The predicted molar refractivity (Wildman–Crippen MR) is 77.0 cm³/mol. The van der Waals surface area contributed by atoms with Crippen molar-refractivity contribution in [2.24, 2.45) is 0 Å². The lowest BCUT2D eigenvalue weighted by Gasteiger charge is -2.26. The Labute approximate surface area is 118 Å². The van der Waals surface area contributed by atoms with Crippen LogP contribution in [0.3, 0.4) is 0 Å². The van der Waals surface area contributed by atoms with Crippen LogP contribution < -0.4 is 0 Å². The van der Waals surface area contributed by atoms with Gasteiger partial charge in [0.15, 0.2) is 5.78 Å². The third-order valence-corrected chi connectivity index (χ3v) is 3.73. The van der Waals surface area contributed by atoms with Crippen molar-refractivity contribution in [3.8, 4) is 0 Å². The van der Waals surface area contributed by atoms with E-state index in [4.69, 9.17) is 0 Å². The number of nitro groups is 1. The smallest absolute Gasteiger partial charge is 0.269 e. The number of hydrogen-bond donors (Lipinski definition) is 0. The Hall–Kier alpha value is -1.75. The molecule has 0 radical (unpaired) electrons. The van der Waals surface area contributed by atoms with Crippen LogP contribution in [-0.2, 0) is 0 Å². The third kappa shape index (κ3) is 4.13. The van der Waals surface area contributed by atoms with Crippen LogP contribution in [0.2, 0.25) is 0 Å². The van der Waals surface area contributed by atoms with Crippen molar-refractivity contribution in [2.45, 2.75) is 32.1 Å². The number of piperidine rings is 1. The molecule has 0 aromatic heterocycles. The average molecular weight is 276 g/mol. The van der Waals surface area contributed by atoms with E-state index >= 15 is 0 Å². The first-order valence-electron chi connectivity index (χ1n) is 7.17. The number of ketones is 1. The summed E-state index contributed by atoms with van der Waals surface area (Å²) < 4.78 is 0. The van der Waals surface area contributed by atoms with E-state index in [1.165, 1.54) is 31.4 Å². The van der Waals surface area contributed by atoms with Gasteiger partial charge in [-0.2, -0.15) is 0 Å². The van der Waals surface area contributed by atoms with Gasteiger partial charge in [0.25, 0.3) is 5.69 Å². The molecule has 2 rings (SSSR count). The second-order valence-corrected chi connectivity index (χ2v) is 5.23. The lowest BCUT2D eigenvalue weighted by molar-refractivity contribution is -0.384. The Morgan fingerprint density at radius 2 is 1.80 bits per heavy atom. The summed E-state index contributed by atoms with van der Waals surface area (Å²) in [5.74, 6) is 0.0666. The highest BCUT2D eigenvalue weighted by atomic mass is 16.6. The van der Waals surface area contributed by atoms with Gasteiger partial charge in [-0.25, -0.2) is 0 Å². The van der Waals surface area contributed by atoms with Crippen LogP contribution in [0.5, 0.6) is 0 Å². The fraction of sp³-hybridized carbons (Fsp3) is 0.533. The van der Waals surface area contributed by atoms with Gasteiger partial charge in [-0.1, -0.05) is 6.42 Å². The first-order valence-corrected chi connectivity index (χ1v) is 7.17. The molecular formula is C15H20N2O3. The number of carbonyl (C=O) groups excluding carboxylic acids is 1. The minimum absolute atomic E-state index is 0.0230. The summed E-state index contributed by atoms with van der Waals surface area (Å²) in [4.78, 5) is 24.5. The highest BCUT2D eigenvalue weighted by molar-refractivity contribution is 5.96. The molecular weight excluding hydrogens is 256 g/mol. The molecule has 1 heterocycles. The Bertz CT molecular complexity index is 465. The largest absolute Gasteiger partial charge is 0.303 e. The molecule has 1 aliphatic rings. The van der Waals surface area contributed by atoms with Crippen LogP contribution in [-0.4, -0.2) is 35.2 Å². The molecule has 0 atom stereocenters.